The van der Waals surface area contributed by atoms with Gasteiger partial charge in [-0.2, -0.15) is 4.72 Å². The average Bonchev–Trinajstić information content (AvgIpc) is 2.74. The average molecular weight is 432 g/mol. The van der Waals surface area contributed by atoms with Crippen molar-refractivity contribution in [2.45, 2.75) is 24.3 Å². The number of hydrogen-bond donors (Lipinski definition) is 1. The van der Waals surface area contributed by atoms with Gasteiger partial charge in [-0.05, 0) is 50.2 Å². The van der Waals surface area contributed by atoms with Crippen LogP contribution in [0.5, 0.6) is 5.75 Å². The Morgan fingerprint density at radius 1 is 1.03 bits per heavy atom. The molecule has 0 bridgehead atoms. The van der Waals surface area contributed by atoms with Gasteiger partial charge in [0, 0.05) is 26.2 Å². The summed E-state index contributed by atoms with van der Waals surface area (Å²) in [4.78, 5) is 17.2. The smallest absolute Gasteiger partial charge is 0.241 e. The molecular formula is C22H29N3O4S. The lowest BCUT2D eigenvalue weighted by Gasteiger charge is -2.34. The van der Waals surface area contributed by atoms with Crippen molar-refractivity contribution in [3.05, 3.63) is 60.2 Å². The maximum Gasteiger partial charge on any atom is 0.241 e. The van der Waals surface area contributed by atoms with Crippen LogP contribution in [0.15, 0.2) is 59.5 Å². The van der Waals surface area contributed by atoms with Crippen molar-refractivity contribution in [1.29, 1.82) is 0 Å². The van der Waals surface area contributed by atoms with Crippen molar-refractivity contribution in [2.24, 2.45) is 0 Å². The number of benzene rings is 2. The van der Waals surface area contributed by atoms with Gasteiger partial charge in [-0.25, -0.2) is 8.42 Å². The number of nitrogens with zero attached hydrogens (tertiary/aromatic N) is 2. The van der Waals surface area contributed by atoms with Gasteiger partial charge in [-0.15, -0.1) is 0 Å². The Bertz CT molecular complexity index is 925. The van der Waals surface area contributed by atoms with Crippen LogP contribution in [0.25, 0.3) is 0 Å². The van der Waals surface area contributed by atoms with Gasteiger partial charge in [0.05, 0.1) is 11.5 Å². The predicted molar refractivity (Wildman–Crippen MR) is 116 cm³/mol. The van der Waals surface area contributed by atoms with Crippen LogP contribution in [0.3, 0.4) is 0 Å². The molecule has 1 amide bonds. The fourth-order valence-corrected chi connectivity index (χ4v) is 4.60. The fraction of sp³-hybridized carbons (Fsp3) is 0.409. The Hall–Kier alpha value is -2.42. The normalized spacial score (nSPS) is 16.3. The van der Waals surface area contributed by atoms with Crippen LogP contribution in [-0.4, -0.2) is 70.0 Å². The van der Waals surface area contributed by atoms with Gasteiger partial charge in [-0.1, -0.05) is 30.3 Å². The molecule has 2 aromatic rings. The Morgan fingerprint density at radius 2 is 1.67 bits per heavy atom. The molecule has 1 atom stereocenters. The number of ether oxygens (including phenoxy) is 1. The first-order chi connectivity index (χ1) is 14.4. The van der Waals surface area contributed by atoms with Gasteiger partial charge in [-0.3, -0.25) is 4.79 Å². The topological polar surface area (TPSA) is 78.9 Å². The number of carbonyl (C=O) groups is 1. The van der Waals surface area contributed by atoms with Crippen LogP contribution in [0, 0.1) is 0 Å². The van der Waals surface area contributed by atoms with Gasteiger partial charge < -0.3 is 14.5 Å². The van der Waals surface area contributed by atoms with E-state index in [1.54, 1.807) is 17.0 Å². The Morgan fingerprint density at radius 3 is 2.27 bits per heavy atom. The minimum absolute atomic E-state index is 0.107. The summed E-state index contributed by atoms with van der Waals surface area (Å²) >= 11 is 0. The zero-order valence-electron chi connectivity index (χ0n) is 17.5. The van der Waals surface area contributed by atoms with Crippen LogP contribution in [0.2, 0.25) is 0 Å². The van der Waals surface area contributed by atoms with E-state index >= 15 is 0 Å². The first-order valence-electron chi connectivity index (χ1n) is 10.2. The zero-order valence-corrected chi connectivity index (χ0v) is 18.3. The quantitative estimate of drug-likeness (QED) is 0.689. The van der Waals surface area contributed by atoms with E-state index in [1.807, 2.05) is 44.3 Å². The van der Waals surface area contributed by atoms with E-state index in [2.05, 4.69) is 9.62 Å². The molecule has 0 saturated carbocycles. The van der Waals surface area contributed by atoms with Gasteiger partial charge >= 0.3 is 0 Å². The SMILES string of the molecule is CCOc1ccc(S(=O)(=O)N[C@@H](Cc2ccccc2)C(=O)N2CCN(C)CC2)cc1. The van der Waals surface area contributed by atoms with E-state index in [9.17, 15) is 13.2 Å². The number of rotatable bonds is 8. The first-order valence-corrected chi connectivity index (χ1v) is 11.6. The van der Waals surface area contributed by atoms with Crippen molar-refractivity contribution in [3.63, 3.8) is 0 Å². The molecule has 3 rings (SSSR count). The third-order valence-corrected chi connectivity index (χ3v) is 6.63. The van der Waals surface area contributed by atoms with Crippen molar-refractivity contribution in [1.82, 2.24) is 14.5 Å². The molecule has 162 valence electrons. The highest BCUT2D eigenvalue weighted by Crippen LogP contribution is 2.17. The summed E-state index contributed by atoms with van der Waals surface area (Å²) in [6, 6.07) is 14.8. The summed E-state index contributed by atoms with van der Waals surface area (Å²) in [6.07, 6.45) is 0.294. The molecule has 1 heterocycles. The minimum Gasteiger partial charge on any atom is -0.494 e. The Balaban J connectivity index is 1.80. The molecule has 1 fully saturated rings. The molecular weight excluding hydrogens is 402 g/mol. The third-order valence-electron chi connectivity index (χ3n) is 5.14. The number of nitrogens with one attached hydrogen (secondary N) is 1. The third kappa shape index (κ3) is 5.81. The van der Waals surface area contributed by atoms with Crippen LogP contribution < -0.4 is 9.46 Å². The van der Waals surface area contributed by atoms with E-state index < -0.39 is 16.1 Å². The van der Waals surface area contributed by atoms with E-state index in [0.717, 1.165) is 18.7 Å². The Kier molecular flexibility index (Phi) is 7.47. The maximum atomic E-state index is 13.2. The summed E-state index contributed by atoms with van der Waals surface area (Å²) in [5, 5.41) is 0. The molecule has 1 N–H and O–H groups in total. The molecule has 0 radical (unpaired) electrons. The lowest BCUT2D eigenvalue weighted by Crippen LogP contribution is -2.54. The summed E-state index contributed by atoms with van der Waals surface area (Å²) in [6.45, 7) is 5.09. The predicted octanol–water partition coefficient (Wildman–Crippen LogP) is 1.75. The minimum atomic E-state index is -3.87. The van der Waals surface area contributed by atoms with Crippen molar-refractivity contribution >= 4 is 15.9 Å². The molecule has 2 aromatic carbocycles. The monoisotopic (exact) mass is 431 g/mol. The standard InChI is InChI=1S/C22H29N3O4S/c1-3-29-19-9-11-20(12-10-19)30(27,28)23-21(17-18-7-5-4-6-8-18)22(26)25-15-13-24(2)14-16-25/h4-12,21,23H,3,13-17H2,1-2H3/t21-/m0/s1. The molecule has 1 aliphatic rings. The molecule has 1 saturated heterocycles. The van der Waals surface area contributed by atoms with Gasteiger partial charge in [0.2, 0.25) is 15.9 Å². The molecule has 0 aromatic heterocycles. The second-order valence-corrected chi connectivity index (χ2v) is 9.11. The highest BCUT2D eigenvalue weighted by molar-refractivity contribution is 7.89. The molecule has 8 heteroatoms. The van der Waals surface area contributed by atoms with Crippen molar-refractivity contribution in [2.75, 3.05) is 39.8 Å². The molecule has 1 aliphatic heterocycles. The summed E-state index contributed by atoms with van der Waals surface area (Å²) in [5.41, 5.74) is 0.902. The molecule has 0 unspecified atom stereocenters. The summed E-state index contributed by atoms with van der Waals surface area (Å²) in [5.74, 6) is 0.410. The van der Waals surface area contributed by atoms with Gasteiger partial charge in [0.25, 0.3) is 0 Å². The molecule has 0 spiro atoms. The lowest BCUT2D eigenvalue weighted by atomic mass is 10.1. The van der Waals surface area contributed by atoms with Crippen LogP contribution in [0.1, 0.15) is 12.5 Å². The molecule has 7 nitrogen and oxygen atoms in total. The largest absolute Gasteiger partial charge is 0.494 e. The van der Waals surface area contributed by atoms with Crippen LogP contribution in [-0.2, 0) is 21.2 Å². The van der Waals surface area contributed by atoms with E-state index in [4.69, 9.17) is 4.74 Å². The van der Waals surface area contributed by atoms with E-state index in [1.165, 1.54) is 12.1 Å². The maximum absolute atomic E-state index is 13.2. The summed E-state index contributed by atoms with van der Waals surface area (Å²) in [7, 11) is -1.86. The van der Waals surface area contributed by atoms with Gasteiger partial charge in [0.1, 0.15) is 11.8 Å². The highest BCUT2D eigenvalue weighted by Gasteiger charge is 2.31. The number of piperazine rings is 1. The second kappa shape index (κ2) is 10.1. The van der Waals surface area contributed by atoms with E-state index in [-0.39, 0.29) is 10.8 Å². The number of carbonyl (C=O) groups excluding carboxylic acids is 1. The summed E-state index contributed by atoms with van der Waals surface area (Å²) < 4.78 is 34.0. The fourth-order valence-electron chi connectivity index (χ4n) is 3.41. The second-order valence-electron chi connectivity index (χ2n) is 7.40. The lowest BCUT2D eigenvalue weighted by molar-refractivity contribution is -0.134. The highest BCUT2D eigenvalue weighted by atomic mass is 32.2. The van der Waals surface area contributed by atoms with Crippen LogP contribution in [0.4, 0.5) is 0 Å². The Labute approximate surface area is 178 Å². The number of likely N-dealkylation sites (N-methyl/N-ethyl adjacent to an activating group) is 1. The van der Waals surface area contributed by atoms with Crippen molar-refractivity contribution in [3.8, 4) is 5.75 Å². The number of amides is 1. The van der Waals surface area contributed by atoms with Crippen molar-refractivity contribution < 1.29 is 17.9 Å². The van der Waals surface area contributed by atoms with Crippen LogP contribution >= 0.6 is 0 Å². The number of hydrogen-bond acceptors (Lipinski definition) is 5. The molecule has 0 aliphatic carbocycles. The zero-order chi connectivity index (χ0) is 21.6. The number of sulfonamides is 1. The molecule has 30 heavy (non-hydrogen) atoms. The van der Waals surface area contributed by atoms with Gasteiger partial charge in [0.15, 0.2) is 0 Å². The van der Waals surface area contributed by atoms with E-state index in [0.29, 0.717) is 31.9 Å². The first kappa shape index (κ1) is 22.3.